The molecule has 2 rings (SSSR count). The number of hydrogen-bond donors (Lipinski definition) is 1. The minimum atomic E-state index is -0.327. The predicted molar refractivity (Wildman–Crippen MR) is 75.8 cm³/mol. The summed E-state index contributed by atoms with van der Waals surface area (Å²) in [6.45, 7) is 5.15. The lowest BCUT2D eigenvalue weighted by Gasteiger charge is -2.04. The quantitative estimate of drug-likeness (QED) is 0.882. The summed E-state index contributed by atoms with van der Waals surface area (Å²) in [5, 5.41) is 4.53. The van der Waals surface area contributed by atoms with Gasteiger partial charge in [-0.05, 0) is 24.1 Å². The molecular formula is C13H14ClFN2S. The predicted octanol–water partition coefficient (Wildman–Crippen LogP) is 4.67. The molecule has 96 valence electrons. The Hall–Kier alpha value is -1.13. The largest absolute Gasteiger partial charge is 0.361 e. The molecule has 0 aliphatic carbocycles. The van der Waals surface area contributed by atoms with Crippen LogP contribution in [0.2, 0.25) is 5.02 Å². The van der Waals surface area contributed by atoms with Crippen LogP contribution in [-0.4, -0.2) is 11.5 Å². The molecule has 0 radical (unpaired) electrons. The normalized spacial score (nSPS) is 10.9. The molecule has 0 amide bonds. The van der Waals surface area contributed by atoms with E-state index in [2.05, 4.69) is 24.1 Å². The van der Waals surface area contributed by atoms with Gasteiger partial charge in [0.15, 0.2) is 5.13 Å². The van der Waals surface area contributed by atoms with Crippen molar-refractivity contribution in [2.24, 2.45) is 5.92 Å². The van der Waals surface area contributed by atoms with Crippen LogP contribution >= 0.6 is 22.9 Å². The smallest absolute Gasteiger partial charge is 0.183 e. The molecule has 0 aliphatic rings. The lowest BCUT2D eigenvalue weighted by molar-refractivity contribution is 0.628. The minimum Gasteiger partial charge on any atom is -0.361 e. The molecule has 0 aliphatic heterocycles. The van der Waals surface area contributed by atoms with E-state index in [0.29, 0.717) is 10.9 Å². The fraction of sp³-hybridized carbons (Fsp3) is 0.308. The van der Waals surface area contributed by atoms with Crippen molar-refractivity contribution in [3.63, 3.8) is 0 Å². The molecule has 0 saturated heterocycles. The number of halogens is 2. The van der Waals surface area contributed by atoms with Crippen LogP contribution < -0.4 is 5.32 Å². The molecule has 0 spiro atoms. The van der Waals surface area contributed by atoms with Gasteiger partial charge in [0.05, 0.1) is 9.90 Å². The molecule has 0 unspecified atom stereocenters. The van der Waals surface area contributed by atoms with E-state index in [4.69, 9.17) is 11.6 Å². The average Bonchev–Trinajstić information content (AvgIpc) is 2.75. The number of aromatic nitrogens is 1. The zero-order valence-corrected chi connectivity index (χ0v) is 11.8. The third-order valence-corrected chi connectivity index (χ3v) is 3.66. The maximum absolute atomic E-state index is 13.0. The Labute approximate surface area is 115 Å². The average molecular weight is 285 g/mol. The number of nitrogens with zero attached hydrogens (tertiary/aromatic N) is 1. The highest BCUT2D eigenvalue weighted by atomic mass is 35.5. The summed E-state index contributed by atoms with van der Waals surface area (Å²) in [5.41, 5.74) is 0.813. The van der Waals surface area contributed by atoms with Gasteiger partial charge in [0.25, 0.3) is 0 Å². The lowest BCUT2D eigenvalue weighted by Crippen LogP contribution is -2.07. The number of nitrogens with one attached hydrogen (secondary N) is 1. The molecule has 5 heteroatoms. The number of benzene rings is 1. The SMILES string of the molecule is CC(C)CNc1ncc(-c2ccc(F)cc2Cl)s1. The van der Waals surface area contributed by atoms with Gasteiger partial charge in [0.2, 0.25) is 0 Å². The number of thiazole rings is 1. The zero-order valence-electron chi connectivity index (χ0n) is 10.2. The Balaban J connectivity index is 2.18. The van der Waals surface area contributed by atoms with Crippen molar-refractivity contribution in [3.05, 3.63) is 35.2 Å². The van der Waals surface area contributed by atoms with Crippen LogP contribution in [-0.2, 0) is 0 Å². The molecule has 1 aromatic heterocycles. The van der Waals surface area contributed by atoms with Crippen molar-refractivity contribution in [3.8, 4) is 10.4 Å². The van der Waals surface area contributed by atoms with Crippen molar-refractivity contribution >= 4 is 28.1 Å². The monoisotopic (exact) mass is 284 g/mol. The number of hydrogen-bond acceptors (Lipinski definition) is 3. The summed E-state index contributed by atoms with van der Waals surface area (Å²) in [5.74, 6) is 0.234. The summed E-state index contributed by atoms with van der Waals surface area (Å²) in [4.78, 5) is 5.22. The van der Waals surface area contributed by atoms with Crippen LogP contribution in [0.15, 0.2) is 24.4 Å². The first-order valence-electron chi connectivity index (χ1n) is 5.71. The van der Waals surface area contributed by atoms with Crippen molar-refractivity contribution in [1.82, 2.24) is 4.98 Å². The van der Waals surface area contributed by atoms with Crippen LogP contribution in [0.25, 0.3) is 10.4 Å². The second-order valence-corrected chi connectivity index (χ2v) is 5.87. The molecule has 18 heavy (non-hydrogen) atoms. The van der Waals surface area contributed by atoms with E-state index in [-0.39, 0.29) is 5.82 Å². The second kappa shape index (κ2) is 5.67. The van der Waals surface area contributed by atoms with Crippen LogP contribution in [0.1, 0.15) is 13.8 Å². The summed E-state index contributed by atoms with van der Waals surface area (Å²) in [7, 11) is 0. The summed E-state index contributed by atoms with van der Waals surface area (Å²) in [6, 6.07) is 4.40. The van der Waals surface area contributed by atoms with Gasteiger partial charge < -0.3 is 5.32 Å². The topological polar surface area (TPSA) is 24.9 Å². The van der Waals surface area contributed by atoms with Gasteiger partial charge in [-0.2, -0.15) is 0 Å². The Bertz CT molecular complexity index is 540. The fourth-order valence-corrected chi connectivity index (χ4v) is 2.65. The highest BCUT2D eigenvalue weighted by molar-refractivity contribution is 7.18. The van der Waals surface area contributed by atoms with E-state index >= 15 is 0 Å². The Morgan fingerprint density at radius 2 is 2.22 bits per heavy atom. The van der Waals surface area contributed by atoms with Crippen LogP contribution in [0, 0.1) is 11.7 Å². The van der Waals surface area contributed by atoms with Gasteiger partial charge in [-0.3, -0.25) is 0 Å². The van der Waals surface area contributed by atoms with E-state index in [1.165, 1.54) is 23.5 Å². The molecular weight excluding hydrogens is 271 g/mol. The molecule has 2 aromatic rings. The first-order valence-corrected chi connectivity index (χ1v) is 6.91. The third-order valence-electron chi connectivity index (χ3n) is 2.36. The van der Waals surface area contributed by atoms with Gasteiger partial charge in [-0.15, -0.1) is 0 Å². The maximum Gasteiger partial charge on any atom is 0.183 e. The minimum absolute atomic E-state index is 0.327. The maximum atomic E-state index is 13.0. The van der Waals surface area contributed by atoms with Gasteiger partial charge in [0.1, 0.15) is 5.82 Å². The molecule has 1 heterocycles. The molecule has 2 nitrogen and oxygen atoms in total. The van der Waals surface area contributed by atoms with Crippen molar-refractivity contribution < 1.29 is 4.39 Å². The van der Waals surface area contributed by atoms with Crippen molar-refractivity contribution in [2.45, 2.75) is 13.8 Å². The van der Waals surface area contributed by atoms with Crippen LogP contribution in [0.4, 0.5) is 9.52 Å². The molecule has 0 atom stereocenters. The Morgan fingerprint density at radius 1 is 1.44 bits per heavy atom. The molecule has 0 saturated carbocycles. The summed E-state index contributed by atoms with van der Waals surface area (Å²) >= 11 is 7.54. The van der Waals surface area contributed by atoms with Crippen LogP contribution in [0.3, 0.4) is 0 Å². The highest BCUT2D eigenvalue weighted by Crippen LogP contribution is 2.34. The van der Waals surface area contributed by atoms with Gasteiger partial charge in [0, 0.05) is 18.3 Å². The van der Waals surface area contributed by atoms with Crippen LogP contribution in [0.5, 0.6) is 0 Å². The number of anilines is 1. The highest BCUT2D eigenvalue weighted by Gasteiger charge is 2.09. The van der Waals surface area contributed by atoms with Gasteiger partial charge in [-0.1, -0.05) is 36.8 Å². The standard InChI is InChI=1S/C13H14ClFN2S/c1-8(2)6-16-13-17-7-12(18-13)10-4-3-9(15)5-11(10)14/h3-5,7-8H,6H2,1-2H3,(H,16,17). The zero-order chi connectivity index (χ0) is 13.1. The summed E-state index contributed by atoms with van der Waals surface area (Å²) in [6.07, 6.45) is 1.76. The lowest BCUT2D eigenvalue weighted by atomic mass is 10.2. The van der Waals surface area contributed by atoms with E-state index in [0.717, 1.165) is 22.1 Å². The molecule has 1 N–H and O–H groups in total. The van der Waals surface area contributed by atoms with E-state index in [1.807, 2.05) is 0 Å². The van der Waals surface area contributed by atoms with Crippen molar-refractivity contribution in [2.75, 3.05) is 11.9 Å². The summed E-state index contributed by atoms with van der Waals surface area (Å²) < 4.78 is 13.0. The van der Waals surface area contributed by atoms with E-state index < -0.39 is 0 Å². The van der Waals surface area contributed by atoms with Gasteiger partial charge >= 0.3 is 0 Å². The molecule has 0 bridgehead atoms. The molecule has 1 aromatic carbocycles. The third kappa shape index (κ3) is 3.21. The molecule has 0 fully saturated rings. The van der Waals surface area contributed by atoms with Gasteiger partial charge in [-0.25, -0.2) is 9.37 Å². The number of rotatable bonds is 4. The Morgan fingerprint density at radius 3 is 2.89 bits per heavy atom. The first-order chi connectivity index (χ1) is 8.56. The van der Waals surface area contributed by atoms with E-state index in [9.17, 15) is 4.39 Å². The Kier molecular flexibility index (Phi) is 4.19. The first kappa shape index (κ1) is 13.3. The van der Waals surface area contributed by atoms with E-state index in [1.54, 1.807) is 12.3 Å². The van der Waals surface area contributed by atoms with Crippen molar-refractivity contribution in [1.29, 1.82) is 0 Å². The second-order valence-electron chi connectivity index (χ2n) is 4.43. The fourth-order valence-electron chi connectivity index (χ4n) is 1.46.